The average Bonchev–Trinajstić information content (AvgIpc) is 2.64. The second-order valence-electron chi connectivity index (χ2n) is 6.62. The van der Waals surface area contributed by atoms with Gasteiger partial charge in [-0.1, -0.05) is 18.2 Å². The highest BCUT2D eigenvalue weighted by molar-refractivity contribution is 6.03. The number of fused-ring (bicyclic) bond motifs is 1. The van der Waals surface area contributed by atoms with Crippen molar-refractivity contribution in [3.8, 4) is 5.75 Å². The summed E-state index contributed by atoms with van der Waals surface area (Å²) in [4.78, 5) is 25.6. The molecule has 1 aliphatic rings. The summed E-state index contributed by atoms with van der Waals surface area (Å²) in [7, 11) is 0. The number of carbonyl (C=O) groups is 2. The number of alkyl halides is 6. The van der Waals surface area contributed by atoms with Crippen molar-refractivity contribution in [1.82, 2.24) is 4.90 Å². The summed E-state index contributed by atoms with van der Waals surface area (Å²) in [5.74, 6) is -5.56. The number of amides is 2. The quantitative estimate of drug-likeness (QED) is 0.700. The summed E-state index contributed by atoms with van der Waals surface area (Å²) in [5, 5.41) is 2.23. The first-order valence-electron chi connectivity index (χ1n) is 8.65. The molecule has 3 rings (SSSR count). The van der Waals surface area contributed by atoms with Crippen LogP contribution in [0.2, 0.25) is 0 Å². The molecule has 2 aromatic rings. The lowest BCUT2D eigenvalue weighted by Gasteiger charge is -2.34. The fraction of sp³-hybridized carbons (Fsp3) is 0.263. The second kappa shape index (κ2) is 8.08. The number of nitrogens with zero attached hydrogens (tertiary/aromatic N) is 1. The maximum absolute atomic E-state index is 13.6. The number of hydrogen-bond donors (Lipinski definition) is 1. The van der Waals surface area contributed by atoms with Crippen molar-refractivity contribution < 1.29 is 45.1 Å². The number of nitrogens with one attached hydrogen (secondary N) is 1. The topological polar surface area (TPSA) is 58.6 Å². The lowest BCUT2D eigenvalue weighted by atomic mass is 9.88. The van der Waals surface area contributed by atoms with Gasteiger partial charge in [-0.3, -0.25) is 9.59 Å². The molecule has 2 amide bonds. The van der Waals surface area contributed by atoms with Gasteiger partial charge >= 0.3 is 12.5 Å². The fourth-order valence-corrected chi connectivity index (χ4v) is 3.16. The van der Waals surface area contributed by atoms with Crippen molar-refractivity contribution in [2.75, 3.05) is 18.4 Å². The van der Waals surface area contributed by atoms with E-state index in [9.17, 15) is 40.3 Å². The monoisotopic (exact) mass is 450 g/mol. The molecule has 1 aliphatic heterocycles. The number of hydrogen-bond acceptors (Lipinski definition) is 3. The van der Waals surface area contributed by atoms with Gasteiger partial charge in [0, 0.05) is 23.9 Å². The molecule has 0 unspecified atom stereocenters. The maximum Gasteiger partial charge on any atom is 0.573 e. The van der Waals surface area contributed by atoms with Crippen LogP contribution in [0, 0.1) is 5.82 Å². The van der Waals surface area contributed by atoms with Gasteiger partial charge in [-0.15, -0.1) is 13.2 Å². The molecule has 0 bridgehead atoms. The van der Waals surface area contributed by atoms with E-state index in [1.165, 1.54) is 24.3 Å². The Hall–Kier alpha value is -3.31. The third-order valence-electron chi connectivity index (χ3n) is 4.37. The molecule has 0 fully saturated rings. The average molecular weight is 450 g/mol. The third kappa shape index (κ3) is 5.44. The molecule has 0 saturated carbocycles. The van der Waals surface area contributed by atoms with Crippen LogP contribution in [0.3, 0.4) is 0 Å². The SMILES string of the molecule is O=C(Nc1ccc(F)c(OC(F)(F)F)c1)[C@H]1CN(CC(F)(F)F)C(=O)c2ccccc21. The Kier molecular flexibility index (Phi) is 5.83. The molecular weight excluding hydrogens is 437 g/mol. The molecule has 2 aromatic carbocycles. The van der Waals surface area contributed by atoms with Crippen LogP contribution in [0.15, 0.2) is 42.5 Å². The standard InChI is InChI=1S/C19H13F7N2O3/c20-14-6-5-10(7-15(14)31-19(24,25)26)27-16(29)13-8-28(9-18(21,22)23)17(30)12-4-2-1-3-11(12)13/h1-7,13H,8-9H2,(H,27,29)/t13-/m0/s1. The predicted molar refractivity (Wildman–Crippen MR) is 92.9 cm³/mol. The van der Waals surface area contributed by atoms with Crippen molar-refractivity contribution in [1.29, 1.82) is 0 Å². The number of anilines is 1. The number of rotatable bonds is 4. The summed E-state index contributed by atoms with van der Waals surface area (Å²) in [5.41, 5.74) is -0.210. The second-order valence-corrected chi connectivity index (χ2v) is 6.62. The number of ether oxygens (including phenoxy) is 1. The molecule has 0 spiro atoms. The predicted octanol–water partition coefficient (Wildman–Crippen LogP) is 4.46. The minimum Gasteiger partial charge on any atom is -0.403 e. The number of carbonyl (C=O) groups excluding carboxylic acids is 2. The van der Waals surface area contributed by atoms with Gasteiger partial charge in [-0.25, -0.2) is 4.39 Å². The van der Waals surface area contributed by atoms with E-state index in [4.69, 9.17) is 0 Å². The molecule has 0 aromatic heterocycles. The third-order valence-corrected chi connectivity index (χ3v) is 4.37. The maximum atomic E-state index is 13.6. The molecule has 1 heterocycles. The van der Waals surface area contributed by atoms with Crippen LogP contribution in [0.1, 0.15) is 21.8 Å². The van der Waals surface area contributed by atoms with Gasteiger partial charge in [0.2, 0.25) is 5.91 Å². The van der Waals surface area contributed by atoms with Crippen molar-refractivity contribution >= 4 is 17.5 Å². The van der Waals surface area contributed by atoms with Gasteiger partial charge in [0.1, 0.15) is 6.54 Å². The molecule has 0 aliphatic carbocycles. The first-order chi connectivity index (χ1) is 14.3. The van der Waals surface area contributed by atoms with E-state index in [0.717, 1.165) is 6.07 Å². The van der Waals surface area contributed by atoms with Gasteiger partial charge in [-0.05, 0) is 23.8 Å². The molecule has 0 saturated heterocycles. The van der Waals surface area contributed by atoms with E-state index in [-0.39, 0.29) is 16.8 Å². The molecule has 31 heavy (non-hydrogen) atoms. The zero-order chi connectivity index (χ0) is 23.0. The van der Waals surface area contributed by atoms with Crippen LogP contribution >= 0.6 is 0 Å². The lowest BCUT2D eigenvalue weighted by molar-refractivity contribution is -0.275. The Balaban J connectivity index is 1.88. The molecule has 5 nitrogen and oxygen atoms in total. The molecule has 12 heteroatoms. The van der Waals surface area contributed by atoms with Crippen molar-refractivity contribution in [3.05, 3.63) is 59.4 Å². The largest absolute Gasteiger partial charge is 0.573 e. The number of halogens is 7. The Morgan fingerprint density at radius 2 is 1.77 bits per heavy atom. The minimum absolute atomic E-state index is 0.0988. The van der Waals surface area contributed by atoms with E-state index in [0.29, 0.717) is 17.0 Å². The summed E-state index contributed by atoms with van der Waals surface area (Å²) >= 11 is 0. The van der Waals surface area contributed by atoms with E-state index in [1.54, 1.807) is 0 Å². The molecule has 0 radical (unpaired) electrons. The molecule has 166 valence electrons. The van der Waals surface area contributed by atoms with Gasteiger partial charge in [-0.2, -0.15) is 13.2 Å². The number of benzene rings is 2. The van der Waals surface area contributed by atoms with Crippen LogP contribution in [-0.2, 0) is 4.79 Å². The van der Waals surface area contributed by atoms with Crippen molar-refractivity contribution in [2.24, 2.45) is 0 Å². The Labute approximate surface area is 170 Å². The van der Waals surface area contributed by atoms with E-state index < -0.39 is 54.9 Å². The first-order valence-corrected chi connectivity index (χ1v) is 8.65. The van der Waals surface area contributed by atoms with Gasteiger partial charge in [0.05, 0.1) is 5.92 Å². The van der Waals surface area contributed by atoms with Crippen molar-refractivity contribution in [3.63, 3.8) is 0 Å². The van der Waals surface area contributed by atoms with Crippen LogP contribution in [0.4, 0.5) is 36.4 Å². The summed E-state index contributed by atoms with van der Waals surface area (Å²) in [6.07, 6.45) is -9.88. The summed E-state index contributed by atoms with van der Waals surface area (Å²) < 4.78 is 92.8. The van der Waals surface area contributed by atoms with Crippen LogP contribution in [0.25, 0.3) is 0 Å². The van der Waals surface area contributed by atoms with E-state index >= 15 is 0 Å². The Bertz CT molecular complexity index is 1000. The first kappa shape index (κ1) is 22.4. The fourth-order valence-electron chi connectivity index (χ4n) is 3.16. The highest BCUT2D eigenvalue weighted by Crippen LogP contribution is 2.33. The van der Waals surface area contributed by atoms with Crippen LogP contribution < -0.4 is 10.1 Å². The smallest absolute Gasteiger partial charge is 0.403 e. The van der Waals surface area contributed by atoms with Gasteiger partial charge in [0.15, 0.2) is 11.6 Å². The zero-order valence-corrected chi connectivity index (χ0v) is 15.4. The summed E-state index contributed by atoms with van der Waals surface area (Å²) in [6.45, 7) is -2.18. The van der Waals surface area contributed by atoms with E-state index in [1.807, 2.05) is 0 Å². The van der Waals surface area contributed by atoms with Crippen molar-refractivity contribution in [2.45, 2.75) is 18.5 Å². The van der Waals surface area contributed by atoms with Crippen LogP contribution in [-0.4, -0.2) is 42.3 Å². The summed E-state index contributed by atoms with van der Waals surface area (Å²) in [6, 6.07) is 7.75. The molecule has 1 atom stereocenters. The Morgan fingerprint density at radius 3 is 2.42 bits per heavy atom. The normalized spacial score (nSPS) is 16.7. The van der Waals surface area contributed by atoms with Crippen LogP contribution in [0.5, 0.6) is 5.75 Å². The Morgan fingerprint density at radius 1 is 1.10 bits per heavy atom. The minimum atomic E-state index is -5.18. The highest BCUT2D eigenvalue weighted by atomic mass is 19.4. The van der Waals surface area contributed by atoms with Gasteiger partial charge < -0.3 is 15.0 Å². The highest BCUT2D eigenvalue weighted by Gasteiger charge is 2.40. The zero-order valence-electron chi connectivity index (χ0n) is 15.4. The lowest BCUT2D eigenvalue weighted by Crippen LogP contribution is -2.47. The van der Waals surface area contributed by atoms with Gasteiger partial charge in [0.25, 0.3) is 5.91 Å². The van der Waals surface area contributed by atoms with E-state index in [2.05, 4.69) is 10.1 Å². The molecular formula is C19H13F7N2O3. The molecule has 1 N–H and O–H groups in total.